The Morgan fingerprint density at radius 1 is 1.13 bits per heavy atom. The molecule has 0 fully saturated rings. The maximum absolute atomic E-state index is 14.3. The van der Waals surface area contributed by atoms with Crippen LogP contribution in [0.2, 0.25) is 0 Å². The van der Waals surface area contributed by atoms with Gasteiger partial charge in [-0.1, -0.05) is 30.3 Å². The zero-order chi connectivity index (χ0) is 22.2. The van der Waals surface area contributed by atoms with E-state index in [0.717, 1.165) is 0 Å². The summed E-state index contributed by atoms with van der Waals surface area (Å²) in [6, 6.07) is 11.6. The SMILES string of the molecule is CCOC(=O)[C@](O)(C(F)(F)F)[C@@]1(Cc2ccc(OC)cc2)C(=O)Nc2ccccc21. The van der Waals surface area contributed by atoms with Gasteiger partial charge in [0.2, 0.25) is 5.91 Å². The van der Waals surface area contributed by atoms with Crippen LogP contribution in [0.3, 0.4) is 0 Å². The number of halogens is 3. The molecule has 2 aromatic rings. The number of anilines is 1. The highest BCUT2D eigenvalue weighted by Gasteiger charge is 2.77. The molecule has 6 nitrogen and oxygen atoms in total. The van der Waals surface area contributed by atoms with E-state index in [1.807, 2.05) is 0 Å². The van der Waals surface area contributed by atoms with E-state index in [2.05, 4.69) is 10.1 Å². The second-order valence-corrected chi connectivity index (χ2v) is 6.86. The average molecular weight is 423 g/mol. The fourth-order valence-corrected chi connectivity index (χ4v) is 3.80. The van der Waals surface area contributed by atoms with Crippen LogP contribution in [-0.4, -0.2) is 42.5 Å². The summed E-state index contributed by atoms with van der Waals surface area (Å²) in [4.78, 5) is 25.6. The zero-order valence-electron chi connectivity index (χ0n) is 16.2. The number of methoxy groups -OCH3 is 1. The van der Waals surface area contributed by atoms with Gasteiger partial charge in [0.05, 0.1) is 13.7 Å². The first-order valence-corrected chi connectivity index (χ1v) is 9.12. The van der Waals surface area contributed by atoms with E-state index in [9.17, 15) is 27.9 Å². The van der Waals surface area contributed by atoms with Crippen molar-refractivity contribution in [1.29, 1.82) is 0 Å². The van der Waals surface area contributed by atoms with Gasteiger partial charge >= 0.3 is 12.1 Å². The number of alkyl halides is 3. The number of ether oxygens (including phenoxy) is 2. The predicted octanol–water partition coefficient (Wildman–Crippen LogP) is 2.98. The van der Waals surface area contributed by atoms with Crippen LogP contribution in [0.4, 0.5) is 18.9 Å². The van der Waals surface area contributed by atoms with Crippen molar-refractivity contribution in [2.24, 2.45) is 0 Å². The lowest BCUT2D eigenvalue weighted by atomic mass is 9.63. The molecule has 160 valence electrons. The van der Waals surface area contributed by atoms with E-state index >= 15 is 0 Å². The first-order valence-electron chi connectivity index (χ1n) is 9.12. The van der Waals surface area contributed by atoms with Gasteiger partial charge in [-0.15, -0.1) is 0 Å². The third-order valence-electron chi connectivity index (χ3n) is 5.25. The summed E-state index contributed by atoms with van der Waals surface area (Å²) >= 11 is 0. The van der Waals surface area contributed by atoms with Crippen molar-refractivity contribution in [2.45, 2.75) is 30.5 Å². The van der Waals surface area contributed by atoms with Gasteiger partial charge in [-0.25, -0.2) is 4.79 Å². The van der Waals surface area contributed by atoms with Gasteiger partial charge in [0.15, 0.2) is 0 Å². The summed E-state index contributed by atoms with van der Waals surface area (Å²) in [6.45, 7) is 0.909. The molecule has 9 heteroatoms. The number of amides is 1. The summed E-state index contributed by atoms with van der Waals surface area (Å²) in [6.07, 6.45) is -6.10. The number of nitrogens with one attached hydrogen (secondary N) is 1. The molecule has 1 heterocycles. The van der Waals surface area contributed by atoms with E-state index < -0.39 is 42.1 Å². The van der Waals surface area contributed by atoms with Crippen molar-refractivity contribution in [3.05, 3.63) is 59.7 Å². The first kappa shape index (κ1) is 21.6. The Morgan fingerprint density at radius 2 is 1.77 bits per heavy atom. The molecule has 0 aromatic heterocycles. The molecule has 0 unspecified atom stereocenters. The Labute approximate surface area is 170 Å². The summed E-state index contributed by atoms with van der Waals surface area (Å²) in [5.41, 5.74) is -6.58. The standard InChI is InChI=1S/C21H20F3NO5/c1-3-30-18(27)20(28,21(22,23)24)19(12-13-8-10-14(29-2)11-9-13)15-6-4-5-7-16(15)25-17(19)26/h4-11,28H,3,12H2,1-2H3,(H,25,26)/t19-,20-/m1/s1. The number of esters is 1. The molecule has 0 aliphatic carbocycles. The minimum Gasteiger partial charge on any atom is -0.497 e. The van der Waals surface area contributed by atoms with Gasteiger partial charge in [-0.3, -0.25) is 4.79 Å². The van der Waals surface area contributed by atoms with Gasteiger partial charge in [0.25, 0.3) is 5.60 Å². The number of benzene rings is 2. The fraction of sp³-hybridized carbons (Fsp3) is 0.333. The lowest BCUT2D eigenvalue weighted by Crippen LogP contribution is -2.69. The number of rotatable bonds is 6. The lowest BCUT2D eigenvalue weighted by molar-refractivity contribution is -0.280. The van der Waals surface area contributed by atoms with Crippen molar-refractivity contribution in [1.82, 2.24) is 0 Å². The number of carbonyl (C=O) groups is 2. The van der Waals surface area contributed by atoms with Crippen LogP contribution in [0, 0.1) is 0 Å². The molecular formula is C21H20F3NO5. The van der Waals surface area contributed by atoms with Crippen LogP contribution < -0.4 is 10.1 Å². The van der Waals surface area contributed by atoms with Crippen molar-refractivity contribution in [3.8, 4) is 5.75 Å². The highest BCUT2D eigenvalue weighted by Crippen LogP contribution is 2.53. The largest absolute Gasteiger partial charge is 0.497 e. The molecule has 2 N–H and O–H groups in total. The molecule has 0 saturated heterocycles. The maximum Gasteiger partial charge on any atom is 0.429 e. The molecule has 2 atom stereocenters. The van der Waals surface area contributed by atoms with Crippen LogP contribution in [0.1, 0.15) is 18.1 Å². The second-order valence-electron chi connectivity index (χ2n) is 6.86. The third kappa shape index (κ3) is 3.09. The predicted molar refractivity (Wildman–Crippen MR) is 101 cm³/mol. The Morgan fingerprint density at radius 3 is 2.33 bits per heavy atom. The fourth-order valence-electron chi connectivity index (χ4n) is 3.80. The Hall–Kier alpha value is -3.07. The number of fused-ring (bicyclic) bond motifs is 1. The minimum atomic E-state index is -5.50. The smallest absolute Gasteiger partial charge is 0.429 e. The molecule has 0 radical (unpaired) electrons. The van der Waals surface area contributed by atoms with Gasteiger partial charge in [-0.05, 0) is 42.7 Å². The second kappa shape index (κ2) is 7.64. The Balaban J connectivity index is 2.29. The number of hydrogen-bond acceptors (Lipinski definition) is 5. The molecular weight excluding hydrogens is 403 g/mol. The monoisotopic (exact) mass is 423 g/mol. The lowest BCUT2D eigenvalue weighted by Gasteiger charge is -2.42. The average Bonchev–Trinajstić information content (AvgIpc) is 2.99. The van der Waals surface area contributed by atoms with Crippen molar-refractivity contribution in [2.75, 3.05) is 19.0 Å². The quantitative estimate of drug-likeness (QED) is 0.698. The number of aliphatic hydroxyl groups is 1. The van der Waals surface area contributed by atoms with E-state index in [1.165, 1.54) is 62.6 Å². The van der Waals surface area contributed by atoms with Crippen LogP contribution in [0.15, 0.2) is 48.5 Å². The van der Waals surface area contributed by atoms with Crippen molar-refractivity contribution < 1.29 is 37.3 Å². The Kier molecular flexibility index (Phi) is 5.51. The summed E-state index contributed by atoms with van der Waals surface area (Å²) in [5.74, 6) is -2.62. The molecule has 1 amide bonds. The molecule has 1 aliphatic rings. The molecule has 2 aromatic carbocycles. The Bertz CT molecular complexity index is 960. The summed E-state index contributed by atoms with van der Waals surface area (Å²) < 4.78 is 52.6. The van der Waals surface area contributed by atoms with Gasteiger partial charge in [-0.2, -0.15) is 13.2 Å². The van der Waals surface area contributed by atoms with E-state index in [-0.39, 0.29) is 16.8 Å². The topological polar surface area (TPSA) is 84.9 Å². The molecule has 0 saturated carbocycles. The third-order valence-corrected chi connectivity index (χ3v) is 5.25. The highest BCUT2D eigenvalue weighted by molar-refractivity contribution is 6.11. The van der Waals surface area contributed by atoms with Crippen molar-refractivity contribution in [3.63, 3.8) is 0 Å². The van der Waals surface area contributed by atoms with E-state index in [1.54, 1.807) is 0 Å². The minimum absolute atomic E-state index is 0.0861. The summed E-state index contributed by atoms with van der Waals surface area (Å²) in [7, 11) is 1.43. The van der Waals surface area contributed by atoms with E-state index in [0.29, 0.717) is 5.75 Å². The molecule has 0 spiro atoms. The van der Waals surface area contributed by atoms with Crippen LogP contribution in [0.25, 0.3) is 0 Å². The van der Waals surface area contributed by atoms with Crippen molar-refractivity contribution >= 4 is 17.6 Å². The number of para-hydroxylation sites is 1. The van der Waals surface area contributed by atoms with Crippen LogP contribution in [0.5, 0.6) is 5.75 Å². The van der Waals surface area contributed by atoms with Gasteiger partial charge in [0.1, 0.15) is 11.2 Å². The normalized spacial score (nSPS) is 20.1. The highest BCUT2D eigenvalue weighted by atomic mass is 19.4. The number of carbonyl (C=O) groups excluding carboxylic acids is 2. The first-order chi connectivity index (χ1) is 14.1. The molecule has 3 rings (SSSR count). The maximum atomic E-state index is 14.3. The van der Waals surface area contributed by atoms with Gasteiger partial charge < -0.3 is 19.9 Å². The van der Waals surface area contributed by atoms with E-state index in [4.69, 9.17) is 4.74 Å². The summed E-state index contributed by atoms with van der Waals surface area (Å²) in [5, 5.41) is 13.4. The van der Waals surface area contributed by atoms with Gasteiger partial charge in [0, 0.05) is 5.69 Å². The molecule has 30 heavy (non-hydrogen) atoms. The molecule has 0 bridgehead atoms. The molecule has 1 aliphatic heterocycles. The zero-order valence-corrected chi connectivity index (χ0v) is 16.2. The number of hydrogen-bond donors (Lipinski definition) is 2. The van der Waals surface area contributed by atoms with Crippen LogP contribution in [-0.2, 0) is 26.2 Å². The van der Waals surface area contributed by atoms with Crippen LogP contribution >= 0.6 is 0 Å².